The Morgan fingerprint density at radius 3 is 2.65 bits per heavy atom. The lowest BCUT2D eigenvalue weighted by molar-refractivity contribution is -0.118. The van der Waals surface area contributed by atoms with E-state index in [-0.39, 0.29) is 5.91 Å². The van der Waals surface area contributed by atoms with Crippen LogP contribution in [0, 0.1) is 0 Å². The molecule has 5 nitrogen and oxygen atoms in total. The summed E-state index contributed by atoms with van der Waals surface area (Å²) in [7, 11) is 1.61. The summed E-state index contributed by atoms with van der Waals surface area (Å²) in [4.78, 5) is 19.4. The number of carbonyl (C=O) groups excluding carboxylic acids is 1. The van der Waals surface area contributed by atoms with Crippen molar-refractivity contribution < 1.29 is 9.53 Å². The molecule has 1 aromatic heterocycles. The Kier molecular flexibility index (Phi) is 6.61. The number of methoxy groups -OCH3 is 1. The number of carbonyl (C=O) groups is 1. The number of anilines is 1. The highest BCUT2D eigenvalue weighted by molar-refractivity contribution is 5.93. The van der Waals surface area contributed by atoms with Gasteiger partial charge < -0.3 is 10.1 Å². The standard InChI is InChI=1S/C21H27N3O2/c1-26-20-13-6-5-12-19(20)23-21(25)16-24(18-10-3-2-4-11-18)15-17-9-7-8-14-22-17/h5-9,12-14,18H,2-4,10-11,15-16H2,1H3,(H,23,25). The Hall–Kier alpha value is -2.40. The maximum atomic E-state index is 12.7. The summed E-state index contributed by atoms with van der Waals surface area (Å²) < 4.78 is 5.32. The molecule has 1 N–H and O–H groups in total. The maximum Gasteiger partial charge on any atom is 0.238 e. The molecular formula is C21H27N3O2. The van der Waals surface area contributed by atoms with Gasteiger partial charge >= 0.3 is 0 Å². The number of benzene rings is 1. The van der Waals surface area contributed by atoms with Crippen molar-refractivity contribution in [2.24, 2.45) is 0 Å². The number of amides is 1. The second-order valence-electron chi connectivity index (χ2n) is 6.77. The van der Waals surface area contributed by atoms with Gasteiger partial charge in [0.25, 0.3) is 0 Å². The molecule has 0 aliphatic heterocycles. The van der Waals surface area contributed by atoms with Gasteiger partial charge in [-0.2, -0.15) is 0 Å². The van der Waals surface area contributed by atoms with E-state index in [4.69, 9.17) is 4.74 Å². The molecular weight excluding hydrogens is 326 g/mol. The first kappa shape index (κ1) is 18.4. The SMILES string of the molecule is COc1ccccc1NC(=O)CN(Cc1ccccn1)C1CCCCC1. The number of aromatic nitrogens is 1. The second-order valence-corrected chi connectivity index (χ2v) is 6.77. The predicted molar refractivity (Wildman–Crippen MR) is 103 cm³/mol. The first-order valence-electron chi connectivity index (χ1n) is 9.33. The minimum Gasteiger partial charge on any atom is -0.495 e. The van der Waals surface area contributed by atoms with Crippen LogP contribution in [0.2, 0.25) is 0 Å². The molecule has 5 heteroatoms. The van der Waals surface area contributed by atoms with Crippen molar-refractivity contribution in [2.45, 2.75) is 44.7 Å². The number of nitrogens with one attached hydrogen (secondary N) is 1. The molecule has 0 saturated heterocycles. The number of para-hydroxylation sites is 2. The van der Waals surface area contributed by atoms with Crippen molar-refractivity contribution in [1.29, 1.82) is 0 Å². The molecule has 0 spiro atoms. The fraction of sp³-hybridized carbons (Fsp3) is 0.429. The lowest BCUT2D eigenvalue weighted by Crippen LogP contribution is -2.41. The summed E-state index contributed by atoms with van der Waals surface area (Å²) in [5, 5.41) is 2.99. The first-order valence-corrected chi connectivity index (χ1v) is 9.33. The van der Waals surface area contributed by atoms with E-state index in [1.165, 1.54) is 19.3 Å². The van der Waals surface area contributed by atoms with Crippen LogP contribution in [0.1, 0.15) is 37.8 Å². The number of ether oxygens (including phenoxy) is 1. The van der Waals surface area contributed by atoms with E-state index in [1.807, 2.05) is 48.7 Å². The fourth-order valence-corrected chi connectivity index (χ4v) is 3.58. The summed E-state index contributed by atoms with van der Waals surface area (Å²) >= 11 is 0. The Balaban J connectivity index is 1.68. The van der Waals surface area contributed by atoms with E-state index >= 15 is 0 Å². The van der Waals surface area contributed by atoms with Crippen molar-refractivity contribution in [3.05, 3.63) is 54.4 Å². The van der Waals surface area contributed by atoms with E-state index in [0.29, 0.717) is 30.6 Å². The van der Waals surface area contributed by atoms with Gasteiger partial charge in [-0.3, -0.25) is 14.7 Å². The quantitative estimate of drug-likeness (QED) is 0.821. The average Bonchev–Trinajstić information content (AvgIpc) is 2.69. The van der Waals surface area contributed by atoms with Crippen LogP contribution in [0.3, 0.4) is 0 Å². The van der Waals surface area contributed by atoms with E-state index < -0.39 is 0 Å². The number of rotatable bonds is 7. The zero-order valence-corrected chi connectivity index (χ0v) is 15.4. The molecule has 26 heavy (non-hydrogen) atoms. The third kappa shape index (κ3) is 5.05. The minimum atomic E-state index is -0.0176. The van der Waals surface area contributed by atoms with Gasteiger partial charge in [-0.15, -0.1) is 0 Å². The normalized spacial score (nSPS) is 15.0. The van der Waals surface area contributed by atoms with Crippen molar-refractivity contribution >= 4 is 11.6 Å². The molecule has 3 rings (SSSR count). The highest BCUT2D eigenvalue weighted by atomic mass is 16.5. The maximum absolute atomic E-state index is 12.7. The van der Waals surface area contributed by atoms with Crippen LogP contribution in [0.25, 0.3) is 0 Å². The lowest BCUT2D eigenvalue weighted by atomic mass is 9.94. The number of hydrogen-bond acceptors (Lipinski definition) is 4. The highest BCUT2D eigenvalue weighted by Gasteiger charge is 2.24. The lowest BCUT2D eigenvalue weighted by Gasteiger charge is -2.33. The second kappa shape index (κ2) is 9.34. The Morgan fingerprint density at radius 1 is 1.15 bits per heavy atom. The molecule has 0 atom stereocenters. The Bertz CT molecular complexity index is 699. The van der Waals surface area contributed by atoms with Gasteiger partial charge in [0.05, 0.1) is 25.0 Å². The number of pyridine rings is 1. The zero-order valence-electron chi connectivity index (χ0n) is 15.4. The van der Waals surface area contributed by atoms with Gasteiger partial charge in [0.1, 0.15) is 5.75 Å². The summed E-state index contributed by atoms with van der Waals surface area (Å²) in [6.07, 6.45) is 7.86. The van der Waals surface area contributed by atoms with Crippen LogP contribution in [-0.4, -0.2) is 35.5 Å². The van der Waals surface area contributed by atoms with Crippen LogP contribution < -0.4 is 10.1 Å². The Morgan fingerprint density at radius 2 is 1.92 bits per heavy atom. The Labute approximate surface area is 155 Å². The van der Waals surface area contributed by atoms with E-state index in [2.05, 4.69) is 15.2 Å². The molecule has 1 amide bonds. The molecule has 1 saturated carbocycles. The van der Waals surface area contributed by atoms with Gasteiger partial charge in [0.15, 0.2) is 0 Å². The van der Waals surface area contributed by atoms with Crippen LogP contribution >= 0.6 is 0 Å². The third-order valence-corrected chi connectivity index (χ3v) is 4.91. The topological polar surface area (TPSA) is 54.5 Å². The fourth-order valence-electron chi connectivity index (χ4n) is 3.58. The summed E-state index contributed by atoms with van der Waals surface area (Å²) in [5.41, 5.74) is 1.71. The molecule has 0 unspecified atom stereocenters. The van der Waals surface area contributed by atoms with Crippen LogP contribution in [-0.2, 0) is 11.3 Å². The van der Waals surface area contributed by atoms with Crippen LogP contribution in [0.15, 0.2) is 48.7 Å². The van der Waals surface area contributed by atoms with Gasteiger partial charge in [-0.1, -0.05) is 37.5 Å². The molecule has 1 aliphatic carbocycles. The molecule has 138 valence electrons. The summed E-state index contributed by atoms with van der Waals surface area (Å²) in [6.45, 7) is 1.06. The zero-order chi connectivity index (χ0) is 18.2. The van der Waals surface area contributed by atoms with Gasteiger partial charge in [0, 0.05) is 18.8 Å². The molecule has 0 bridgehead atoms. The first-order chi connectivity index (χ1) is 12.8. The van der Waals surface area contributed by atoms with E-state index in [1.54, 1.807) is 7.11 Å². The highest BCUT2D eigenvalue weighted by Crippen LogP contribution is 2.25. The van der Waals surface area contributed by atoms with Gasteiger partial charge in [-0.25, -0.2) is 0 Å². The van der Waals surface area contributed by atoms with Crippen molar-refractivity contribution in [3.63, 3.8) is 0 Å². The summed E-state index contributed by atoms with van der Waals surface area (Å²) in [5.74, 6) is 0.658. The molecule has 1 heterocycles. The summed E-state index contributed by atoms with van der Waals surface area (Å²) in [6, 6.07) is 13.9. The monoisotopic (exact) mass is 353 g/mol. The largest absolute Gasteiger partial charge is 0.495 e. The predicted octanol–water partition coefficient (Wildman–Crippen LogP) is 3.86. The van der Waals surface area contributed by atoms with E-state index in [9.17, 15) is 4.79 Å². The van der Waals surface area contributed by atoms with Crippen molar-refractivity contribution in [1.82, 2.24) is 9.88 Å². The van der Waals surface area contributed by atoms with Crippen LogP contribution in [0.4, 0.5) is 5.69 Å². The third-order valence-electron chi connectivity index (χ3n) is 4.91. The van der Waals surface area contributed by atoms with Crippen molar-refractivity contribution in [3.8, 4) is 5.75 Å². The molecule has 1 aliphatic rings. The molecule has 1 aromatic carbocycles. The number of nitrogens with zero attached hydrogens (tertiary/aromatic N) is 2. The number of hydrogen-bond donors (Lipinski definition) is 1. The molecule has 2 aromatic rings. The molecule has 0 radical (unpaired) electrons. The molecule has 1 fully saturated rings. The van der Waals surface area contributed by atoms with E-state index in [0.717, 1.165) is 18.5 Å². The van der Waals surface area contributed by atoms with Crippen LogP contribution in [0.5, 0.6) is 5.75 Å². The van der Waals surface area contributed by atoms with Gasteiger partial charge in [-0.05, 0) is 37.1 Å². The average molecular weight is 353 g/mol. The smallest absolute Gasteiger partial charge is 0.238 e. The van der Waals surface area contributed by atoms with Gasteiger partial charge in [0.2, 0.25) is 5.91 Å². The van der Waals surface area contributed by atoms with Crippen molar-refractivity contribution in [2.75, 3.05) is 19.0 Å². The minimum absolute atomic E-state index is 0.0176.